The lowest BCUT2D eigenvalue weighted by Crippen LogP contribution is -2.13. The summed E-state index contributed by atoms with van der Waals surface area (Å²) in [5.74, 6) is -0.205. The number of aromatic hydroxyl groups is 1. The van der Waals surface area contributed by atoms with Gasteiger partial charge in [0.15, 0.2) is 0 Å². The Bertz CT molecular complexity index is 690. The first-order chi connectivity index (χ1) is 9.65. The molecular weight excluding hydrogens is 256 g/mol. The van der Waals surface area contributed by atoms with Crippen molar-refractivity contribution in [1.29, 1.82) is 5.26 Å². The summed E-state index contributed by atoms with van der Waals surface area (Å²) < 4.78 is 5.01. The second kappa shape index (κ2) is 5.76. The molecule has 0 spiro atoms. The maximum absolute atomic E-state index is 12.1. The molecule has 0 aliphatic carbocycles. The molecule has 0 saturated carbocycles. The van der Waals surface area contributed by atoms with E-state index in [2.05, 4.69) is 5.32 Å². The number of ether oxygens (including phenoxy) is 1. The highest BCUT2D eigenvalue weighted by Gasteiger charge is 2.14. The van der Waals surface area contributed by atoms with Crippen LogP contribution in [0.25, 0.3) is 0 Å². The van der Waals surface area contributed by atoms with Crippen LogP contribution in [-0.2, 0) is 0 Å². The van der Waals surface area contributed by atoms with Crippen molar-refractivity contribution in [2.24, 2.45) is 0 Å². The maximum Gasteiger partial charge on any atom is 0.259 e. The number of carbonyl (C=O) groups excluding carboxylic acids is 1. The molecule has 20 heavy (non-hydrogen) atoms. The molecule has 5 nitrogen and oxygen atoms in total. The zero-order valence-corrected chi connectivity index (χ0v) is 10.8. The Kier molecular flexibility index (Phi) is 3.87. The van der Waals surface area contributed by atoms with E-state index >= 15 is 0 Å². The van der Waals surface area contributed by atoms with Crippen LogP contribution in [0.4, 0.5) is 5.69 Å². The predicted octanol–water partition coefficient (Wildman–Crippen LogP) is 2.52. The molecule has 0 saturated heterocycles. The minimum atomic E-state index is -0.510. The average Bonchev–Trinajstić information content (AvgIpc) is 2.48. The highest BCUT2D eigenvalue weighted by molar-refractivity contribution is 6.06. The van der Waals surface area contributed by atoms with Crippen LogP contribution in [0.5, 0.6) is 11.5 Å². The van der Waals surface area contributed by atoms with Crippen molar-refractivity contribution >= 4 is 11.6 Å². The molecule has 2 aromatic carbocycles. The van der Waals surface area contributed by atoms with E-state index in [1.807, 2.05) is 6.07 Å². The van der Waals surface area contributed by atoms with Crippen molar-refractivity contribution in [1.82, 2.24) is 0 Å². The molecule has 0 heterocycles. The standard InChI is InChI=1S/C15H12N2O3/c1-20-11-6-7-14(18)12(8-11)15(19)17-13-5-3-2-4-10(13)9-16/h2-8,18H,1H3,(H,17,19). The third-order valence-electron chi connectivity index (χ3n) is 2.74. The van der Waals surface area contributed by atoms with Gasteiger partial charge in [0.2, 0.25) is 0 Å². The van der Waals surface area contributed by atoms with Gasteiger partial charge in [-0.2, -0.15) is 5.26 Å². The lowest BCUT2D eigenvalue weighted by atomic mass is 10.1. The fraction of sp³-hybridized carbons (Fsp3) is 0.0667. The largest absolute Gasteiger partial charge is 0.507 e. The molecule has 0 fully saturated rings. The highest BCUT2D eigenvalue weighted by atomic mass is 16.5. The summed E-state index contributed by atoms with van der Waals surface area (Å²) >= 11 is 0. The second-order valence-corrected chi connectivity index (χ2v) is 3.99. The van der Waals surface area contributed by atoms with Crippen molar-refractivity contribution in [3.05, 3.63) is 53.6 Å². The average molecular weight is 268 g/mol. The van der Waals surface area contributed by atoms with Gasteiger partial charge < -0.3 is 15.2 Å². The first-order valence-corrected chi connectivity index (χ1v) is 5.83. The molecule has 5 heteroatoms. The Morgan fingerprint density at radius 2 is 2.05 bits per heavy atom. The first kappa shape index (κ1) is 13.4. The van der Waals surface area contributed by atoms with Crippen LogP contribution in [-0.4, -0.2) is 18.1 Å². The predicted molar refractivity (Wildman–Crippen MR) is 73.8 cm³/mol. The third kappa shape index (κ3) is 2.70. The smallest absolute Gasteiger partial charge is 0.259 e. The van der Waals surface area contributed by atoms with Gasteiger partial charge >= 0.3 is 0 Å². The fourth-order valence-electron chi connectivity index (χ4n) is 1.70. The fourth-order valence-corrected chi connectivity index (χ4v) is 1.70. The number of para-hydroxylation sites is 1. The lowest BCUT2D eigenvalue weighted by Gasteiger charge is -2.09. The van der Waals surface area contributed by atoms with E-state index in [-0.39, 0.29) is 11.3 Å². The zero-order valence-electron chi connectivity index (χ0n) is 10.8. The first-order valence-electron chi connectivity index (χ1n) is 5.83. The van der Waals surface area contributed by atoms with Crippen LogP contribution in [0.1, 0.15) is 15.9 Å². The Labute approximate surface area is 116 Å². The summed E-state index contributed by atoms with van der Waals surface area (Å²) in [5, 5.41) is 21.3. The van der Waals surface area contributed by atoms with Crippen molar-refractivity contribution in [2.45, 2.75) is 0 Å². The Hall–Kier alpha value is -3.00. The summed E-state index contributed by atoms with van der Waals surface area (Å²) in [7, 11) is 1.47. The highest BCUT2D eigenvalue weighted by Crippen LogP contribution is 2.24. The number of hydrogen-bond acceptors (Lipinski definition) is 4. The number of carbonyl (C=O) groups is 1. The van der Waals surface area contributed by atoms with Crippen LogP contribution in [0.15, 0.2) is 42.5 Å². The van der Waals surface area contributed by atoms with Gasteiger partial charge in [0.1, 0.15) is 17.6 Å². The molecular formula is C15H12N2O3. The summed E-state index contributed by atoms with van der Waals surface area (Å²) in [6, 6.07) is 13.0. The number of methoxy groups -OCH3 is 1. The molecule has 1 amide bonds. The normalized spacial score (nSPS) is 9.60. The number of amides is 1. The van der Waals surface area contributed by atoms with Crippen molar-refractivity contribution in [2.75, 3.05) is 12.4 Å². The van der Waals surface area contributed by atoms with E-state index in [9.17, 15) is 9.90 Å². The van der Waals surface area contributed by atoms with Crippen LogP contribution < -0.4 is 10.1 Å². The van der Waals surface area contributed by atoms with Crippen LogP contribution in [0, 0.1) is 11.3 Å². The van der Waals surface area contributed by atoms with Gasteiger partial charge in [-0.1, -0.05) is 12.1 Å². The molecule has 0 radical (unpaired) electrons. The molecule has 0 unspecified atom stereocenters. The SMILES string of the molecule is COc1ccc(O)c(C(=O)Nc2ccccc2C#N)c1. The summed E-state index contributed by atoms with van der Waals surface area (Å²) in [6.07, 6.45) is 0. The molecule has 0 aliphatic heterocycles. The van der Waals surface area contributed by atoms with Gasteiger partial charge in [-0.3, -0.25) is 4.79 Å². The number of anilines is 1. The van der Waals surface area contributed by atoms with E-state index in [0.29, 0.717) is 17.0 Å². The lowest BCUT2D eigenvalue weighted by molar-refractivity contribution is 0.102. The maximum atomic E-state index is 12.1. The van der Waals surface area contributed by atoms with Gasteiger partial charge in [0.25, 0.3) is 5.91 Å². The van der Waals surface area contributed by atoms with Crippen molar-refractivity contribution in [3.63, 3.8) is 0 Å². The van der Waals surface area contributed by atoms with Crippen molar-refractivity contribution < 1.29 is 14.6 Å². The van der Waals surface area contributed by atoms with E-state index < -0.39 is 5.91 Å². The summed E-state index contributed by atoms with van der Waals surface area (Å²) in [4.78, 5) is 12.1. The minimum absolute atomic E-state index is 0.0806. The molecule has 0 aromatic heterocycles. The topological polar surface area (TPSA) is 82.3 Å². The van der Waals surface area contributed by atoms with E-state index in [0.717, 1.165) is 0 Å². The molecule has 0 bridgehead atoms. The quantitative estimate of drug-likeness (QED) is 0.896. The van der Waals surface area contributed by atoms with Gasteiger partial charge in [-0.05, 0) is 30.3 Å². The summed E-state index contributed by atoms with van der Waals surface area (Å²) in [5.41, 5.74) is 0.822. The van der Waals surface area contributed by atoms with E-state index in [4.69, 9.17) is 10.00 Å². The molecule has 2 rings (SSSR count). The van der Waals surface area contributed by atoms with Crippen LogP contribution >= 0.6 is 0 Å². The Morgan fingerprint density at radius 3 is 2.75 bits per heavy atom. The van der Waals surface area contributed by atoms with Gasteiger partial charge in [0, 0.05) is 0 Å². The number of phenols is 1. The number of benzene rings is 2. The Morgan fingerprint density at radius 1 is 1.30 bits per heavy atom. The van der Waals surface area contributed by atoms with Crippen LogP contribution in [0.3, 0.4) is 0 Å². The molecule has 0 aliphatic rings. The monoisotopic (exact) mass is 268 g/mol. The number of phenolic OH excluding ortho intramolecular Hbond substituents is 1. The van der Waals surface area contributed by atoms with Gasteiger partial charge in [-0.15, -0.1) is 0 Å². The molecule has 100 valence electrons. The number of nitrogens with one attached hydrogen (secondary N) is 1. The molecule has 2 N–H and O–H groups in total. The zero-order chi connectivity index (χ0) is 14.5. The van der Waals surface area contributed by atoms with Crippen LogP contribution in [0.2, 0.25) is 0 Å². The second-order valence-electron chi connectivity index (χ2n) is 3.99. The number of nitriles is 1. The number of nitrogens with zero attached hydrogens (tertiary/aromatic N) is 1. The van der Waals surface area contributed by atoms with E-state index in [1.54, 1.807) is 30.3 Å². The minimum Gasteiger partial charge on any atom is -0.507 e. The van der Waals surface area contributed by atoms with Crippen molar-refractivity contribution in [3.8, 4) is 17.6 Å². The molecule has 2 aromatic rings. The van der Waals surface area contributed by atoms with E-state index in [1.165, 1.54) is 19.2 Å². The van der Waals surface area contributed by atoms with Gasteiger partial charge in [0.05, 0.1) is 23.9 Å². The third-order valence-corrected chi connectivity index (χ3v) is 2.74. The number of hydrogen-bond donors (Lipinski definition) is 2. The summed E-state index contributed by atoms with van der Waals surface area (Å²) in [6.45, 7) is 0. The molecule has 0 atom stereocenters. The number of rotatable bonds is 3. The Balaban J connectivity index is 2.31. The van der Waals surface area contributed by atoms with Gasteiger partial charge in [-0.25, -0.2) is 0 Å².